The summed E-state index contributed by atoms with van der Waals surface area (Å²) in [6.07, 6.45) is 4.44. The molecule has 0 bridgehead atoms. The van der Waals surface area contributed by atoms with Crippen LogP contribution in [-0.2, 0) is 4.79 Å². The van der Waals surface area contributed by atoms with Crippen LogP contribution in [0.25, 0.3) is 0 Å². The van der Waals surface area contributed by atoms with Crippen LogP contribution in [0.2, 0.25) is 0 Å². The number of carbonyl (C=O) groups is 2. The molecular weight excluding hydrogens is 352 g/mol. The highest BCUT2D eigenvalue weighted by Crippen LogP contribution is 2.27. The van der Waals surface area contributed by atoms with E-state index in [2.05, 4.69) is 5.32 Å². The quantitative estimate of drug-likeness (QED) is 0.595. The zero-order valence-corrected chi connectivity index (χ0v) is 15.6. The van der Waals surface area contributed by atoms with Crippen molar-refractivity contribution in [3.8, 4) is 0 Å². The van der Waals surface area contributed by atoms with Crippen LogP contribution in [0.5, 0.6) is 0 Å². The first-order chi connectivity index (χ1) is 13.0. The summed E-state index contributed by atoms with van der Waals surface area (Å²) in [4.78, 5) is 39.1. The van der Waals surface area contributed by atoms with Crippen LogP contribution in [0, 0.1) is 16.0 Å². The van der Waals surface area contributed by atoms with Gasteiger partial charge in [0, 0.05) is 19.6 Å². The Hall–Kier alpha value is -2.42. The fourth-order valence-corrected chi connectivity index (χ4v) is 3.95. The zero-order valence-electron chi connectivity index (χ0n) is 15.6. The lowest BCUT2D eigenvalue weighted by molar-refractivity contribution is -0.402. The molecule has 0 radical (unpaired) electrons. The molecule has 9 nitrogen and oxygen atoms in total. The van der Waals surface area contributed by atoms with Crippen molar-refractivity contribution < 1.29 is 18.9 Å². The number of furan rings is 1. The molecule has 3 rings (SSSR count). The number of nitrogens with zero attached hydrogens (tertiary/aromatic N) is 3. The smallest absolute Gasteiger partial charge is 0.395 e. The van der Waals surface area contributed by atoms with Gasteiger partial charge in [-0.15, -0.1) is 0 Å². The van der Waals surface area contributed by atoms with E-state index in [9.17, 15) is 19.7 Å². The monoisotopic (exact) mass is 378 g/mol. The molecule has 0 saturated carbocycles. The third kappa shape index (κ3) is 4.29. The van der Waals surface area contributed by atoms with Gasteiger partial charge >= 0.3 is 5.88 Å². The van der Waals surface area contributed by atoms with Crippen molar-refractivity contribution >= 4 is 17.7 Å². The van der Waals surface area contributed by atoms with E-state index in [1.165, 1.54) is 11.0 Å². The van der Waals surface area contributed by atoms with Crippen molar-refractivity contribution in [2.24, 2.45) is 5.92 Å². The van der Waals surface area contributed by atoms with Gasteiger partial charge in [-0.05, 0) is 57.7 Å². The van der Waals surface area contributed by atoms with E-state index in [-0.39, 0.29) is 11.7 Å². The molecule has 1 N–H and O–H groups in total. The molecule has 0 aliphatic carbocycles. The van der Waals surface area contributed by atoms with Gasteiger partial charge in [0.15, 0.2) is 5.76 Å². The lowest BCUT2D eigenvalue weighted by atomic mass is 9.93. The number of rotatable bonds is 6. The molecule has 0 aromatic carbocycles. The second-order valence-electron chi connectivity index (χ2n) is 7.21. The van der Waals surface area contributed by atoms with Crippen molar-refractivity contribution in [1.82, 2.24) is 15.1 Å². The summed E-state index contributed by atoms with van der Waals surface area (Å²) in [5.74, 6) is -0.403. The molecule has 1 atom stereocenters. The maximum Gasteiger partial charge on any atom is 0.433 e. The maximum absolute atomic E-state index is 13.0. The van der Waals surface area contributed by atoms with Crippen LogP contribution >= 0.6 is 0 Å². The lowest BCUT2D eigenvalue weighted by Gasteiger charge is -2.35. The summed E-state index contributed by atoms with van der Waals surface area (Å²) in [5, 5.41) is 13.9. The maximum atomic E-state index is 13.0. The van der Waals surface area contributed by atoms with E-state index in [4.69, 9.17) is 4.42 Å². The Kier molecular flexibility index (Phi) is 6.10. The van der Waals surface area contributed by atoms with E-state index in [1.807, 2.05) is 11.9 Å². The fraction of sp³-hybridized carbons (Fsp3) is 0.667. The minimum atomic E-state index is -0.679. The molecule has 2 saturated heterocycles. The van der Waals surface area contributed by atoms with Gasteiger partial charge < -0.3 is 19.5 Å². The van der Waals surface area contributed by atoms with Crippen LogP contribution in [0.4, 0.5) is 5.88 Å². The lowest BCUT2D eigenvalue weighted by Crippen LogP contribution is -2.50. The molecular formula is C18H26N4O5. The van der Waals surface area contributed by atoms with Crippen LogP contribution in [-0.4, -0.2) is 65.8 Å². The van der Waals surface area contributed by atoms with E-state index in [0.29, 0.717) is 18.9 Å². The van der Waals surface area contributed by atoms with Crippen molar-refractivity contribution in [3.63, 3.8) is 0 Å². The average Bonchev–Trinajstić information content (AvgIpc) is 3.35. The molecule has 1 unspecified atom stereocenters. The molecule has 2 aliphatic rings. The summed E-state index contributed by atoms with van der Waals surface area (Å²) in [6.45, 7) is 2.89. The minimum absolute atomic E-state index is 0.0195. The molecule has 2 fully saturated rings. The molecule has 2 aliphatic heterocycles. The van der Waals surface area contributed by atoms with Crippen LogP contribution in [0.3, 0.4) is 0 Å². The van der Waals surface area contributed by atoms with Gasteiger partial charge in [-0.25, -0.2) is 0 Å². The Morgan fingerprint density at radius 3 is 2.63 bits per heavy atom. The van der Waals surface area contributed by atoms with Gasteiger partial charge in [0.2, 0.25) is 5.91 Å². The summed E-state index contributed by atoms with van der Waals surface area (Å²) >= 11 is 0. The molecule has 3 heterocycles. The van der Waals surface area contributed by atoms with E-state index >= 15 is 0 Å². The summed E-state index contributed by atoms with van der Waals surface area (Å²) in [5.41, 5.74) is 0. The molecule has 9 heteroatoms. The summed E-state index contributed by atoms with van der Waals surface area (Å²) in [6, 6.07) is 1.96. The van der Waals surface area contributed by atoms with E-state index < -0.39 is 22.8 Å². The first-order valence-electron chi connectivity index (χ1n) is 9.50. The van der Waals surface area contributed by atoms with Gasteiger partial charge in [-0.2, -0.15) is 0 Å². The van der Waals surface area contributed by atoms with Gasteiger partial charge in [0.1, 0.15) is 11.0 Å². The Labute approximate surface area is 157 Å². The second kappa shape index (κ2) is 8.51. The van der Waals surface area contributed by atoms with Crippen molar-refractivity contribution in [3.05, 3.63) is 28.0 Å². The fourth-order valence-electron chi connectivity index (χ4n) is 3.95. The standard InChI is InChI=1S/C18H26N4O5/c1-19-9-6-13-7-11-20(12-8-13)17(23)14-3-2-10-21(14)18(24)15-4-5-16(27-15)22(25)26/h4-5,13-14,19H,2-3,6-12H2,1H3. The van der Waals surface area contributed by atoms with Crippen LogP contribution < -0.4 is 5.32 Å². The average molecular weight is 378 g/mol. The molecule has 1 aromatic rings. The molecule has 27 heavy (non-hydrogen) atoms. The van der Waals surface area contributed by atoms with E-state index in [1.54, 1.807) is 0 Å². The first-order valence-corrected chi connectivity index (χ1v) is 9.50. The van der Waals surface area contributed by atoms with Gasteiger partial charge in [0.25, 0.3) is 5.91 Å². The molecule has 0 spiro atoms. The Bertz CT molecular complexity index is 696. The topological polar surface area (TPSA) is 109 Å². The third-order valence-electron chi connectivity index (χ3n) is 5.51. The first kappa shape index (κ1) is 19.3. The Morgan fingerprint density at radius 2 is 2.00 bits per heavy atom. The highest BCUT2D eigenvalue weighted by atomic mass is 16.6. The largest absolute Gasteiger partial charge is 0.433 e. The number of piperidine rings is 1. The second-order valence-corrected chi connectivity index (χ2v) is 7.21. The molecule has 2 amide bonds. The van der Waals surface area contributed by atoms with Crippen LogP contribution in [0.15, 0.2) is 16.5 Å². The predicted molar refractivity (Wildman–Crippen MR) is 97.3 cm³/mol. The number of hydrogen-bond donors (Lipinski definition) is 1. The number of carbonyl (C=O) groups excluding carboxylic acids is 2. The van der Waals surface area contributed by atoms with Crippen LogP contribution in [0.1, 0.15) is 42.7 Å². The normalized spacial score (nSPS) is 20.9. The van der Waals surface area contributed by atoms with Crippen molar-refractivity contribution in [1.29, 1.82) is 0 Å². The zero-order chi connectivity index (χ0) is 19.4. The molecule has 1 aromatic heterocycles. The number of nitrogens with one attached hydrogen (secondary N) is 1. The van der Waals surface area contributed by atoms with E-state index in [0.717, 1.165) is 51.4 Å². The number of nitro groups is 1. The Balaban J connectivity index is 1.61. The van der Waals surface area contributed by atoms with Crippen molar-refractivity contribution in [2.45, 2.75) is 38.1 Å². The van der Waals surface area contributed by atoms with Gasteiger partial charge in [0.05, 0.1) is 6.07 Å². The highest BCUT2D eigenvalue weighted by molar-refractivity contribution is 5.96. The minimum Gasteiger partial charge on any atom is -0.395 e. The van der Waals surface area contributed by atoms with Crippen molar-refractivity contribution in [2.75, 3.05) is 33.2 Å². The summed E-state index contributed by atoms with van der Waals surface area (Å²) < 4.78 is 5.02. The molecule has 148 valence electrons. The number of hydrogen-bond acceptors (Lipinski definition) is 6. The number of likely N-dealkylation sites (tertiary alicyclic amines) is 2. The summed E-state index contributed by atoms with van der Waals surface area (Å²) in [7, 11) is 1.94. The Morgan fingerprint density at radius 1 is 1.26 bits per heavy atom. The number of amides is 2. The SMILES string of the molecule is CNCCC1CCN(C(=O)C2CCCN2C(=O)c2ccc([N+](=O)[O-])o2)CC1. The highest BCUT2D eigenvalue weighted by Gasteiger charge is 2.39. The van der Waals surface area contributed by atoms with Gasteiger partial charge in [-0.3, -0.25) is 19.7 Å². The predicted octanol–water partition coefficient (Wildman–Crippen LogP) is 1.64. The third-order valence-corrected chi connectivity index (χ3v) is 5.51. The van der Waals surface area contributed by atoms with Gasteiger partial charge in [-0.1, -0.05) is 0 Å².